The largest absolute Gasteiger partial charge is 0.356 e. The van der Waals surface area contributed by atoms with E-state index in [1.807, 2.05) is 54.8 Å². The molecule has 1 N–H and O–H groups in total. The third kappa shape index (κ3) is 3.08. The minimum Gasteiger partial charge on any atom is -0.356 e. The number of amides is 1. The molecule has 0 spiro atoms. The van der Waals surface area contributed by atoms with Crippen LogP contribution in [0.3, 0.4) is 0 Å². The SMILES string of the molecule is CSc1cccc(NC(=O)Cc2noc3ccccc23)c1. The second kappa shape index (κ2) is 6.01. The van der Waals surface area contributed by atoms with Gasteiger partial charge in [0.15, 0.2) is 5.58 Å². The number of rotatable bonds is 4. The highest BCUT2D eigenvalue weighted by molar-refractivity contribution is 7.98. The Labute approximate surface area is 126 Å². The number of thioether (sulfide) groups is 1. The maximum absolute atomic E-state index is 12.1. The molecular formula is C16H14N2O2S. The first kappa shape index (κ1) is 13.7. The average molecular weight is 298 g/mol. The Morgan fingerprint density at radius 1 is 1.24 bits per heavy atom. The quantitative estimate of drug-likeness (QED) is 0.746. The van der Waals surface area contributed by atoms with Crippen LogP contribution in [-0.4, -0.2) is 17.3 Å². The smallest absolute Gasteiger partial charge is 0.230 e. The van der Waals surface area contributed by atoms with E-state index in [2.05, 4.69) is 10.5 Å². The van der Waals surface area contributed by atoms with Crippen LogP contribution in [0.2, 0.25) is 0 Å². The molecule has 0 aliphatic heterocycles. The van der Waals surface area contributed by atoms with E-state index in [0.29, 0.717) is 11.3 Å². The van der Waals surface area contributed by atoms with E-state index in [4.69, 9.17) is 4.52 Å². The van der Waals surface area contributed by atoms with Gasteiger partial charge < -0.3 is 9.84 Å². The molecule has 1 aromatic heterocycles. The number of hydrogen-bond acceptors (Lipinski definition) is 4. The summed E-state index contributed by atoms with van der Waals surface area (Å²) in [5.74, 6) is -0.104. The molecule has 2 aromatic carbocycles. The highest BCUT2D eigenvalue weighted by Gasteiger charge is 2.12. The fourth-order valence-corrected chi connectivity index (χ4v) is 2.58. The lowest BCUT2D eigenvalue weighted by Gasteiger charge is -2.05. The molecule has 21 heavy (non-hydrogen) atoms. The number of para-hydroxylation sites is 1. The zero-order valence-electron chi connectivity index (χ0n) is 11.5. The van der Waals surface area contributed by atoms with Gasteiger partial charge in [0.25, 0.3) is 0 Å². The minimum atomic E-state index is -0.104. The fourth-order valence-electron chi connectivity index (χ4n) is 2.12. The van der Waals surface area contributed by atoms with Crippen LogP contribution in [0, 0.1) is 0 Å². The first-order valence-electron chi connectivity index (χ1n) is 6.53. The van der Waals surface area contributed by atoms with Gasteiger partial charge in [0.2, 0.25) is 5.91 Å². The highest BCUT2D eigenvalue weighted by atomic mass is 32.2. The Kier molecular flexibility index (Phi) is 3.92. The predicted octanol–water partition coefficient (Wildman–Crippen LogP) is 3.73. The Balaban J connectivity index is 1.74. The molecule has 4 nitrogen and oxygen atoms in total. The van der Waals surface area contributed by atoms with E-state index < -0.39 is 0 Å². The molecule has 106 valence electrons. The summed E-state index contributed by atoms with van der Waals surface area (Å²) in [6.07, 6.45) is 2.20. The van der Waals surface area contributed by atoms with Crippen molar-refractivity contribution in [3.63, 3.8) is 0 Å². The lowest BCUT2D eigenvalue weighted by Crippen LogP contribution is -2.14. The molecule has 5 heteroatoms. The van der Waals surface area contributed by atoms with Crippen LogP contribution in [0.25, 0.3) is 11.0 Å². The summed E-state index contributed by atoms with van der Waals surface area (Å²) < 4.78 is 5.20. The summed E-state index contributed by atoms with van der Waals surface area (Å²) in [4.78, 5) is 13.2. The average Bonchev–Trinajstić information content (AvgIpc) is 2.91. The van der Waals surface area contributed by atoms with Gasteiger partial charge in [0, 0.05) is 16.0 Å². The van der Waals surface area contributed by atoms with Crippen molar-refractivity contribution in [3.05, 3.63) is 54.2 Å². The van der Waals surface area contributed by atoms with Crippen molar-refractivity contribution in [2.24, 2.45) is 0 Å². The standard InChI is InChI=1S/C16H14N2O2S/c1-21-12-6-4-5-11(9-12)17-16(19)10-14-13-7-2-3-8-15(13)20-18-14/h2-9H,10H2,1H3,(H,17,19). The Morgan fingerprint density at radius 2 is 2.10 bits per heavy atom. The van der Waals surface area contributed by atoms with Crippen LogP contribution in [0.5, 0.6) is 0 Å². The molecule has 0 saturated carbocycles. The lowest BCUT2D eigenvalue weighted by molar-refractivity contribution is -0.115. The Hall–Kier alpha value is -2.27. The Bertz CT molecular complexity index is 783. The topological polar surface area (TPSA) is 55.1 Å². The first-order chi connectivity index (χ1) is 10.3. The number of hydrogen-bond donors (Lipinski definition) is 1. The predicted molar refractivity (Wildman–Crippen MR) is 84.6 cm³/mol. The molecule has 0 bridgehead atoms. The summed E-state index contributed by atoms with van der Waals surface area (Å²) in [5, 5.41) is 7.74. The van der Waals surface area contributed by atoms with Crippen LogP contribution in [0.4, 0.5) is 5.69 Å². The zero-order chi connectivity index (χ0) is 14.7. The second-order valence-electron chi connectivity index (χ2n) is 4.58. The second-order valence-corrected chi connectivity index (χ2v) is 5.46. The first-order valence-corrected chi connectivity index (χ1v) is 7.76. The van der Waals surface area contributed by atoms with Gasteiger partial charge in [-0.2, -0.15) is 0 Å². The maximum atomic E-state index is 12.1. The van der Waals surface area contributed by atoms with Gasteiger partial charge in [-0.15, -0.1) is 11.8 Å². The van der Waals surface area contributed by atoms with Crippen LogP contribution >= 0.6 is 11.8 Å². The summed E-state index contributed by atoms with van der Waals surface area (Å²) in [6.45, 7) is 0. The monoisotopic (exact) mass is 298 g/mol. The fraction of sp³-hybridized carbons (Fsp3) is 0.125. The molecule has 1 heterocycles. The third-order valence-electron chi connectivity index (χ3n) is 3.13. The summed E-state index contributed by atoms with van der Waals surface area (Å²) in [7, 11) is 0. The van der Waals surface area contributed by atoms with Crippen molar-refractivity contribution in [1.82, 2.24) is 5.16 Å². The van der Waals surface area contributed by atoms with Crippen LogP contribution in [-0.2, 0) is 11.2 Å². The van der Waals surface area contributed by atoms with Crippen molar-refractivity contribution in [3.8, 4) is 0 Å². The number of anilines is 1. The number of aromatic nitrogens is 1. The molecule has 0 atom stereocenters. The zero-order valence-corrected chi connectivity index (χ0v) is 12.3. The third-order valence-corrected chi connectivity index (χ3v) is 3.86. The van der Waals surface area contributed by atoms with E-state index >= 15 is 0 Å². The molecular weight excluding hydrogens is 284 g/mol. The van der Waals surface area contributed by atoms with E-state index in [1.54, 1.807) is 11.8 Å². The molecule has 0 aliphatic rings. The molecule has 3 aromatic rings. The van der Waals surface area contributed by atoms with Gasteiger partial charge in [-0.3, -0.25) is 4.79 Å². The van der Waals surface area contributed by atoms with Gasteiger partial charge in [-0.1, -0.05) is 23.4 Å². The van der Waals surface area contributed by atoms with Crippen molar-refractivity contribution >= 4 is 34.3 Å². The van der Waals surface area contributed by atoms with Crippen LogP contribution in [0.15, 0.2) is 57.9 Å². The number of benzene rings is 2. The number of carbonyl (C=O) groups is 1. The van der Waals surface area contributed by atoms with Crippen molar-refractivity contribution in [2.75, 3.05) is 11.6 Å². The summed E-state index contributed by atoms with van der Waals surface area (Å²) in [6, 6.07) is 15.3. The molecule has 1 amide bonds. The van der Waals surface area contributed by atoms with Gasteiger partial charge in [-0.05, 0) is 36.6 Å². The molecule has 0 aliphatic carbocycles. The number of fused-ring (bicyclic) bond motifs is 1. The van der Waals surface area contributed by atoms with Gasteiger partial charge >= 0.3 is 0 Å². The highest BCUT2D eigenvalue weighted by Crippen LogP contribution is 2.20. The number of nitrogens with one attached hydrogen (secondary N) is 1. The van der Waals surface area contributed by atoms with Crippen molar-refractivity contribution < 1.29 is 9.32 Å². The molecule has 0 fully saturated rings. The summed E-state index contributed by atoms with van der Waals surface area (Å²) >= 11 is 1.64. The Morgan fingerprint density at radius 3 is 2.95 bits per heavy atom. The molecule has 3 rings (SSSR count). The lowest BCUT2D eigenvalue weighted by atomic mass is 10.1. The number of carbonyl (C=O) groups excluding carboxylic acids is 1. The maximum Gasteiger partial charge on any atom is 0.230 e. The van der Waals surface area contributed by atoms with E-state index in [1.165, 1.54) is 0 Å². The summed E-state index contributed by atoms with van der Waals surface area (Å²) in [5.41, 5.74) is 2.15. The van der Waals surface area contributed by atoms with Gasteiger partial charge in [-0.25, -0.2) is 0 Å². The molecule has 0 unspecified atom stereocenters. The van der Waals surface area contributed by atoms with Crippen molar-refractivity contribution in [2.45, 2.75) is 11.3 Å². The number of nitrogens with zero attached hydrogens (tertiary/aromatic N) is 1. The van der Waals surface area contributed by atoms with E-state index in [0.717, 1.165) is 16.0 Å². The molecule has 0 radical (unpaired) electrons. The van der Waals surface area contributed by atoms with E-state index in [9.17, 15) is 4.79 Å². The van der Waals surface area contributed by atoms with E-state index in [-0.39, 0.29) is 12.3 Å². The van der Waals surface area contributed by atoms with Crippen LogP contribution < -0.4 is 5.32 Å². The molecule has 0 saturated heterocycles. The van der Waals surface area contributed by atoms with Gasteiger partial charge in [0.1, 0.15) is 5.69 Å². The van der Waals surface area contributed by atoms with Gasteiger partial charge in [0.05, 0.1) is 6.42 Å². The van der Waals surface area contributed by atoms with Crippen LogP contribution in [0.1, 0.15) is 5.69 Å². The minimum absolute atomic E-state index is 0.104. The van der Waals surface area contributed by atoms with Crippen molar-refractivity contribution in [1.29, 1.82) is 0 Å². The normalized spacial score (nSPS) is 10.7.